The second kappa shape index (κ2) is 6.92. The van der Waals surface area contributed by atoms with Gasteiger partial charge in [0.1, 0.15) is 0 Å². The number of rotatable bonds is 6. The van der Waals surface area contributed by atoms with Gasteiger partial charge in [-0.15, -0.1) is 0 Å². The van der Waals surface area contributed by atoms with Crippen molar-refractivity contribution in [2.45, 2.75) is 52.2 Å². The van der Waals surface area contributed by atoms with Crippen molar-refractivity contribution in [2.24, 2.45) is 13.0 Å². The van der Waals surface area contributed by atoms with Gasteiger partial charge in [-0.3, -0.25) is 4.68 Å². The van der Waals surface area contributed by atoms with Crippen LogP contribution in [0, 0.1) is 5.92 Å². The molecule has 4 nitrogen and oxygen atoms in total. The van der Waals surface area contributed by atoms with E-state index < -0.39 is 0 Å². The van der Waals surface area contributed by atoms with E-state index in [4.69, 9.17) is 16.3 Å². The molecule has 1 fully saturated rings. The van der Waals surface area contributed by atoms with Crippen molar-refractivity contribution in [2.75, 3.05) is 13.2 Å². The van der Waals surface area contributed by atoms with E-state index in [-0.39, 0.29) is 6.10 Å². The van der Waals surface area contributed by atoms with Crippen LogP contribution in [-0.4, -0.2) is 35.1 Å². The Kier molecular flexibility index (Phi) is 5.47. The van der Waals surface area contributed by atoms with Gasteiger partial charge in [0, 0.05) is 26.1 Å². The zero-order chi connectivity index (χ0) is 14.7. The van der Waals surface area contributed by atoms with E-state index in [0.29, 0.717) is 12.0 Å². The third kappa shape index (κ3) is 3.18. The van der Waals surface area contributed by atoms with Gasteiger partial charge in [-0.05, 0) is 25.3 Å². The quantitative estimate of drug-likeness (QED) is 0.877. The van der Waals surface area contributed by atoms with E-state index in [9.17, 15) is 0 Å². The van der Waals surface area contributed by atoms with Crippen molar-refractivity contribution in [3.8, 4) is 0 Å². The fourth-order valence-corrected chi connectivity index (χ4v) is 3.42. The van der Waals surface area contributed by atoms with E-state index in [1.54, 1.807) is 0 Å². The van der Waals surface area contributed by atoms with Crippen LogP contribution >= 0.6 is 11.6 Å². The highest BCUT2D eigenvalue weighted by atomic mass is 35.5. The maximum atomic E-state index is 6.47. The lowest BCUT2D eigenvalue weighted by Crippen LogP contribution is -2.44. The van der Waals surface area contributed by atoms with Crippen molar-refractivity contribution in [1.29, 1.82) is 0 Å². The number of hydrogen-bond donors (Lipinski definition) is 1. The van der Waals surface area contributed by atoms with Crippen LogP contribution in [0.3, 0.4) is 0 Å². The smallest absolute Gasteiger partial charge is 0.0850 e. The van der Waals surface area contributed by atoms with Crippen molar-refractivity contribution >= 4 is 11.6 Å². The molecule has 5 heteroatoms. The number of ether oxygens (including phenoxy) is 1. The van der Waals surface area contributed by atoms with Gasteiger partial charge < -0.3 is 10.1 Å². The largest absolute Gasteiger partial charge is 0.376 e. The Morgan fingerprint density at radius 3 is 2.75 bits per heavy atom. The SMILES string of the molecule is CCNC(Cc1c(Cl)c(CC)nn1C)C1OCCC1C. The molecular weight excluding hydrogens is 274 g/mol. The molecule has 2 heterocycles. The first kappa shape index (κ1) is 15.8. The van der Waals surface area contributed by atoms with Crippen LogP contribution < -0.4 is 5.32 Å². The zero-order valence-corrected chi connectivity index (χ0v) is 13.7. The highest BCUT2D eigenvalue weighted by Gasteiger charge is 2.33. The lowest BCUT2D eigenvalue weighted by Gasteiger charge is -2.27. The van der Waals surface area contributed by atoms with Crippen LogP contribution in [0.25, 0.3) is 0 Å². The Labute approximate surface area is 126 Å². The standard InChI is InChI=1S/C15H26ClN3O/c1-5-11-14(16)13(19(4)18-11)9-12(17-6-2)15-10(3)7-8-20-15/h10,12,15,17H,5-9H2,1-4H3. The molecule has 0 radical (unpaired) electrons. The second-order valence-electron chi connectivity index (χ2n) is 5.65. The predicted molar refractivity (Wildman–Crippen MR) is 82.3 cm³/mol. The van der Waals surface area contributed by atoms with Gasteiger partial charge in [0.2, 0.25) is 0 Å². The number of aryl methyl sites for hydroxylation is 2. The molecule has 2 rings (SSSR count). The highest BCUT2D eigenvalue weighted by molar-refractivity contribution is 6.31. The minimum absolute atomic E-state index is 0.269. The molecule has 1 N–H and O–H groups in total. The molecule has 1 aromatic heterocycles. The van der Waals surface area contributed by atoms with Gasteiger partial charge in [0.15, 0.2) is 0 Å². The van der Waals surface area contributed by atoms with E-state index in [0.717, 1.165) is 48.8 Å². The third-order valence-electron chi connectivity index (χ3n) is 4.22. The van der Waals surface area contributed by atoms with Crippen LogP contribution in [0.5, 0.6) is 0 Å². The highest BCUT2D eigenvalue weighted by Crippen LogP contribution is 2.28. The Morgan fingerprint density at radius 2 is 2.25 bits per heavy atom. The van der Waals surface area contributed by atoms with Gasteiger partial charge in [-0.25, -0.2) is 0 Å². The van der Waals surface area contributed by atoms with Crippen molar-refractivity contribution in [3.63, 3.8) is 0 Å². The lowest BCUT2D eigenvalue weighted by molar-refractivity contribution is 0.0610. The van der Waals surface area contributed by atoms with Crippen molar-refractivity contribution in [1.82, 2.24) is 15.1 Å². The monoisotopic (exact) mass is 299 g/mol. The molecule has 3 atom stereocenters. The minimum Gasteiger partial charge on any atom is -0.376 e. The third-order valence-corrected chi connectivity index (χ3v) is 4.66. The van der Waals surface area contributed by atoms with E-state index in [2.05, 4.69) is 31.2 Å². The topological polar surface area (TPSA) is 39.1 Å². The summed E-state index contributed by atoms with van der Waals surface area (Å²) in [6.45, 7) is 8.29. The average molecular weight is 300 g/mol. The summed E-state index contributed by atoms with van der Waals surface area (Å²) in [5, 5.41) is 8.89. The van der Waals surface area contributed by atoms with Gasteiger partial charge >= 0.3 is 0 Å². The van der Waals surface area contributed by atoms with Crippen LogP contribution in [0.4, 0.5) is 0 Å². The Balaban J connectivity index is 2.17. The molecule has 0 aromatic carbocycles. The molecule has 114 valence electrons. The molecule has 0 saturated carbocycles. The maximum absolute atomic E-state index is 6.47. The molecular formula is C15H26ClN3O. The average Bonchev–Trinajstić information content (AvgIpc) is 2.96. The van der Waals surface area contributed by atoms with Crippen LogP contribution in [0.1, 0.15) is 38.6 Å². The molecule has 0 aliphatic carbocycles. The molecule has 0 amide bonds. The molecule has 3 unspecified atom stereocenters. The number of hydrogen-bond acceptors (Lipinski definition) is 3. The molecule has 20 heavy (non-hydrogen) atoms. The summed E-state index contributed by atoms with van der Waals surface area (Å²) in [4.78, 5) is 0. The molecule has 0 bridgehead atoms. The second-order valence-corrected chi connectivity index (χ2v) is 6.03. The first-order chi connectivity index (χ1) is 9.58. The minimum atomic E-state index is 0.269. The van der Waals surface area contributed by atoms with Crippen LogP contribution in [-0.2, 0) is 24.6 Å². The van der Waals surface area contributed by atoms with Gasteiger partial charge in [-0.2, -0.15) is 5.10 Å². The lowest BCUT2D eigenvalue weighted by atomic mass is 9.94. The molecule has 0 spiro atoms. The first-order valence-electron chi connectivity index (χ1n) is 7.63. The van der Waals surface area contributed by atoms with Crippen molar-refractivity contribution in [3.05, 3.63) is 16.4 Å². The predicted octanol–water partition coefficient (Wildman–Crippen LogP) is 2.58. The number of likely N-dealkylation sites (N-methyl/N-ethyl adjacent to an activating group) is 1. The molecule has 1 aliphatic heterocycles. The zero-order valence-electron chi connectivity index (χ0n) is 12.9. The summed E-state index contributed by atoms with van der Waals surface area (Å²) in [7, 11) is 1.97. The normalized spacial score (nSPS) is 24.2. The van der Waals surface area contributed by atoms with E-state index in [1.807, 2.05) is 11.7 Å². The number of nitrogens with one attached hydrogen (secondary N) is 1. The molecule has 1 aliphatic rings. The summed E-state index contributed by atoms with van der Waals surface area (Å²) >= 11 is 6.47. The fraction of sp³-hybridized carbons (Fsp3) is 0.800. The van der Waals surface area contributed by atoms with Gasteiger partial charge in [-0.1, -0.05) is 32.4 Å². The van der Waals surface area contributed by atoms with Gasteiger partial charge in [0.05, 0.1) is 22.5 Å². The van der Waals surface area contributed by atoms with Crippen LogP contribution in [0.15, 0.2) is 0 Å². The molecule has 1 saturated heterocycles. The maximum Gasteiger partial charge on any atom is 0.0850 e. The van der Waals surface area contributed by atoms with Crippen LogP contribution in [0.2, 0.25) is 5.02 Å². The number of halogens is 1. The summed E-state index contributed by atoms with van der Waals surface area (Å²) in [5.74, 6) is 0.594. The summed E-state index contributed by atoms with van der Waals surface area (Å²) in [6, 6.07) is 0.301. The Morgan fingerprint density at radius 1 is 1.50 bits per heavy atom. The van der Waals surface area contributed by atoms with Crippen molar-refractivity contribution < 1.29 is 4.74 Å². The van der Waals surface area contributed by atoms with Gasteiger partial charge in [0.25, 0.3) is 0 Å². The summed E-state index contributed by atoms with van der Waals surface area (Å²) < 4.78 is 7.85. The summed E-state index contributed by atoms with van der Waals surface area (Å²) in [5.41, 5.74) is 2.09. The fourth-order valence-electron chi connectivity index (χ4n) is 3.05. The number of nitrogens with zero attached hydrogens (tertiary/aromatic N) is 2. The van der Waals surface area contributed by atoms with E-state index in [1.165, 1.54) is 0 Å². The molecule has 1 aromatic rings. The Bertz CT molecular complexity index is 447. The Hall–Kier alpha value is -0.580. The number of aromatic nitrogens is 2. The first-order valence-corrected chi connectivity index (χ1v) is 8.01. The van der Waals surface area contributed by atoms with E-state index >= 15 is 0 Å². The summed E-state index contributed by atoms with van der Waals surface area (Å²) in [6.07, 6.45) is 3.15.